The highest BCUT2D eigenvalue weighted by molar-refractivity contribution is 6.32. The minimum atomic E-state index is 0.400. The van der Waals surface area contributed by atoms with Crippen LogP contribution in [0.1, 0.15) is 58.3 Å². The Morgan fingerprint density at radius 1 is 1.06 bits per heavy atom. The lowest BCUT2D eigenvalue weighted by atomic mass is 10.1. The molecule has 34 heavy (non-hydrogen) atoms. The molecule has 2 aliphatic rings. The van der Waals surface area contributed by atoms with E-state index in [2.05, 4.69) is 22.5 Å². The first-order valence-corrected chi connectivity index (χ1v) is 13.0. The second kappa shape index (κ2) is 11.9. The summed E-state index contributed by atoms with van der Waals surface area (Å²) in [7, 11) is 3.56. The van der Waals surface area contributed by atoms with Crippen molar-refractivity contribution in [1.82, 2.24) is 19.9 Å². The third-order valence-electron chi connectivity index (χ3n) is 7.04. The SMILES string of the molecule is CCN1CCCC1CNc1nc(NC2CCCCCC2)nc(N(C)c2ccc(OC)c(Cl)c2)n1. The average molecular weight is 488 g/mol. The predicted molar refractivity (Wildman–Crippen MR) is 140 cm³/mol. The van der Waals surface area contributed by atoms with Crippen LogP contribution in [0.3, 0.4) is 0 Å². The number of halogens is 1. The van der Waals surface area contributed by atoms with Crippen molar-refractivity contribution in [3.05, 3.63) is 23.2 Å². The highest BCUT2D eigenvalue weighted by atomic mass is 35.5. The molecule has 1 aliphatic heterocycles. The van der Waals surface area contributed by atoms with Gasteiger partial charge in [-0.1, -0.05) is 44.2 Å². The molecule has 2 fully saturated rings. The number of aromatic nitrogens is 3. The number of nitrogens with zero attached hydrogens (tertiary/aromatic N) is 5. The van der Waals surface area contributed by atoms with Crippen molar-refractivity contribution < 1.29 is 4.74 Å². The first-order chi connectivity index (χ1) is 16.6. The first kappa shape index (κ1) is 24.8. The molecule has 8 nitrogen and oxygen atoms in total. The summed E-state index contributed by atoms with van der Waals surface area (Å²) in [5, 5.41) is 7.65. The molecule has 2 aromatic rings. The summed E-state index contributed by atoms with van der Waals surface area (Å²) in [4.78, 5) is 18.8. The van der Waals surface area contributed by atoms with E-state index in [-0.39, 0.29) is 0 Å². The number of methoxy groups -OCH3 is 1. The van der Waals surface area contributed by atoms with Crippen molar-refractivity contribution in [2.75, 3.05) is 49.3 Å². The van der Waals surface area contributed by atoms with Crippen LogP contribution in [0, 0.1) is 0 Å². The van der Waals surface area contributed by atoms with E-state index < -0.39 is 0 Å². The van der Waals surface area contributed by atoms with Gasteiger partial charge in [-0.25, -0.2) is 0 Å². The molecule has 1 saturated carbocycles. The van der Waals surface area contributed by atoms with Crippen LogP contribution in [0.2, 0.25) is 5.02 Å². The van der Waals surface area contributed by atoms with Crippen LogP contribution in [0.5, 0.6) is 5.75 Å². The molecule has 1 aromatic heterocycles. The van der Waals surface area contributed by atoms with Gasteiger partial charge in [0.25, 0.3) is 0 Å². The number of likely N-dealkylation sites (N-methyl/N-ethyl adjacent to an activating group) is 1. The number of nitrogens with one attached hydrogen (secondary N) is 2. The summed E-state index contributed by atoms with van der Waals surface area (Å²) in [5.74, 6) is 2.46. The molecule has 2 N–H and O–H groups in total. The van der Waals surface area contributed by atoms with E-state index in [1.165, 1.54) is 45.1 Å². The van der Waals surface area contributed by atoms with E-state index in [0.717, 1.165) is 31.6 Å². The summed E-state index contributed by atoms with van der Waals surface area (Å²) in [6.45, 7) is 5.30. The summed E-state index contributed by atoms with van der Waals surface area (Å²) in [5.41, 5.74) is 0.885. The fourth-order valence-corrected chi connectivity index (χ4v) is 5.25. The van der Waals surface area contributed by atoms with Gasteiger partial charge in [0, 0.05) is 31.4 Å². The molecule has 1 saturated heterocycles. The minimum Gasteiger partial charge on any atom is -0.495 e. The van der Waals surface area contributed by atoms with Gasteiger partial charge in [0.2, 0.25) is 17.8 Å². The minimum absolute atomic E-state index is 0.400. The van der Waals surface area contributed by atoms with Gasteiger partial charge in [-0.15, -0.1) is 0 Å². The highest BCUT2D eigenvalue weighted by Crippen LogP contribution is 2.31. The second-order valence-electron chi connectivity index (χ2n) is 9.30. The normalized spacial score (nSPS) is 19.6. The molecule has 0 amide bonds. The number of hydrogen-bond acceptors (Lipinski definition) is 8. The van der Waals surface area contributed by atoms with Crippen molar-refractivity contribution >= 4 is 35.1 Å². The molecule has 186 valence electrons. The van der Waals surface area contributed by atoms with Crippen molar-refractivity contribution in [3.8, 4) is 5.75 Å². The van der Waals surface area contributed by atoms with Gasteiger partial charge in [0.15, 0.2) is 0 Å². The van der Waals surface area contributed by atoms with E-state index in [0.29, 0.717) is 40.7 Å². The molecule has 4 rings (SSSR count). The third kappa shape index (κ3) is 6.21. The molecule has 1 unspecified atom stereocenters. The second-order valence-corrected chi connectivity index (χ2v) is 9.71. The molecule has 2 heterocycles. The van der Waals surface area contributed by atoms with Crippen LogP contribution in [0.25, 0.3) is 0 Å². The Morgan fingerprint density at radius 2 is 1.82 bits per heavy atom. The van der Waals surface area contributed by atoms with Crippen LogP contribution < -0.4 is 20.3 Å². The predicted octanol–water partition coefficient (Wildman–Crippen LogP) is 5.33. The van der Waals surface area contributed by atoms with E-state index in [4.69, 9.17) is 31.3 Å². The lowest BCUT2D eigenvalue weighted by Crippen LogP contribution is -2.35. The topological polar surface area (TPSA) is 78.4 Å². The van der Waals surface area contributed by atoms with Crippen molar-refractivity contribution in [2.24, 2.45) is 0 Å². The van der Waals surface area contributed by atoms with Crippen molar-refractivity contribution in [3.63, 3.8) is 0 Å². The Morgan fingerprint density at radius 3 is 2.53 bits per heavy atom. The Kier molecular flexibility index (Phi) is 8.67. The Hall–Kier alpha value is -2.32. The maximum Gasteiger partial charge on any atom is 0.236 e. The number of rotatable bonds is 9. The number of anilines is 4. The van der Waals surface area contributed by atoms with Gasteiger partial charge in [0.1, 0.15) is 5.75 Å². The molecule has 0 radical (unpaired) electrons. The standard InChI is InChI=1S/C25H38ClN7O/c1-4-33-15-9-12-20(33)17-27-23-29-24(28-18-10-7-5-6-8-11-18)31-25(30-23)32(2)19-13-14-22(34-3)21(26)16-19/h13-14,16,18,20H,4-12,15,17H2,1-3H3,(H2,27,28,29,30,31). The quantitative estimate of drug-likeness (QED) is 0.459. The Labute approximate surface area is 208 Å². The number of ether oxygens (including phenoxy) is 1. The smallest absolute Gasteiger partial charge is 0.236 e. The number of hydrogen-bond donors (Lipinski definition) is 2. The molecule has 1 atom stereocenters. The maximum absolute atomic E-state index is 6.38. The molecular weight excluding hydrogens is 450 g/mol. The van der Waals surface area contributed by atoms with Gasteiger partial charge < -0.3 is 20.3 Å². The number of likely N-dealkylation sites (tertiary alicyclic amines) is 1. The van der Waals surface area contributed by atoms with Crippen molar-refractivity contribution in [1.29, 1.82) is 0 Å². The zero-order valence-corrected chi connectivity index (χ0v) is 21.4. The van der Waals surface area contributed by atoms with Gasteiger partial charge in [-0.2, -0.15) is 15.0 Å². The van der Waals surface area contributed by atoms with E-state index in [1.54, 1.807) is 7.11 Å². The van der Waals surface area contributed by atoms with Gasteiger partial charge in [0.05, 0.1) is 12.1 Å². The van der Waals surface area contributed by atoms with Crippen LogP contribution in [-0.2, 0) is 0 Å². The third-order valence-corrected chi connectivity index (χ3v) is 7.33. The molecular formula is C25H38ClN7O. The van der Waals surface area contributed by atoms with Crippen LogP contribution in [-0.4, -0.2) is 65.7 Å². The zero-order chi connectivity index (χ0) is 23.9. The van der Waals surface area contributed by atoms with Gasteiger partial charge >= 0.3 is 0 Å². The lowest BCUT2D eigenvalue weighted by Gasteiger charge is -2.24. The molecule has 1 aliphatic carbocycles. The Balaban J connectivity index is 1.57. The summed E-state index contributed by atoms with van der Waals surface area (Å²) in [6, 6.07) is 6.60. The fraction of sp³-hybridized carbons (Fsp3) is 0.640. The molecule has 9 heteroatoms. The summed E-state index contributed by atoms with van der Waals surface area (Å²) < 4.78 is 5.30. The lowest BCUT2D eigenvalue weighted by molar-refractivity contribution is 0.277. The molecule has 0 bridgehead atoms. The van der Waals surface area contributed by atoms with Crippen molar-refractivity contribution in [2.45, 2.75) is 70.4 Å². The monoisotopic (exact) mass is 487 g/mol. The van der Waals surface area contributed by atoms with Crippen LogP contribution in [0.4, 0.5) is 23.5 Å². The van der Waals surface area contributed by atoms with Crippen LogP contribution >= 0.6 is 11.6 Å². The van der Waals surface area contributed by atoms with E-state index in [9.17, 15) is 0 Å². The largest absolute Gasteiger partial charge is 0.495 e. The highest BCUT2D eigenvalue weighted by Gasteiger charge is 2.23. The average Bonchev–Trinajstić information content (AvgIpc) is 3.16. The maximum atomic E-state index is 6.38. The van der Waals surface area contributed by atoms with Gasteiger partial charge in [-0.3, -0.25) is 4.90 Å². The van der Waals surface area contributed by atoms with E-state index >= 15 is 0 Å². The molecule has 0 spiro atoms. The zero-order valence-electron chi connectivity index (χ0n) is 20.7. The fourth-order valence-electron chi connectivity index (χ4n) is 5.00. The summed E-state index contributed by atoms with van der Waals surface area (Å²) in [6.07, 6.45) is 9.88. The van der Waals surface area contributed by atoms with Crippen LogP contribution in [0.15, 0.2) is 18.2 Å². The number of benzene rings is 1. The van der Waals surface area contributed by atoms with E-state index in [1.807, 2.05) is 30.1 Å². The molecule has 1 aromatic carbocycles. The van der Waals surface area contributed by atoms with Gasteiger partial charge in [-0.05, 0) is 57.0 Å². The summed E-state index contributed by atoms with van der Waals surface area (Å²) >= 11 is 6.38. The Bertz CT molecular complexity index is 935. The first-order valence-electron chi connectivity index (χ1n) is 12.6.